The standard InChI is InChI=1S/C21H18F3N3O4/c22-21(23,24)12-3-1-11(2-4-12)19-25-16-5-6-27(9-14(16)20(31)26-19)10-15-17(29)7-13(28)8-18(15)30/h1-4,7-8,28-30H,5-6,9-10H2,(H,25,26,31). The summed E-state index contributed by atoms with van der Waals surface area (Å²) in [6.07, 6.45) is -4.04. The quantitative estimate of drug-likeness (QED) is 0.505. The van der Waals surface area contributed by atoms with Crippen molar-refractivity contribution in [3.05, 3.63) is 69.1 Å². The highest BCUT2D eigenvalue weighted by Crippen LogP contribution is 2.34. The molecule has 0 saturated carbocycles. The number of rotatable bonds is 3. The van der Waals surface area contributed by atoms with Crippen molar-refractivity contribution in [2.45, 2.75) is 25.7 Å². The number of H-pyrrole nitrogens is 1. The molecule has 0 fully saturated rings. The lowest BCUT2D eigenvalue weighted by Crippen LogP contribution is -2.35. The fourth-order valence-corrected chi connectivity index (χ4v) is 3.58. The van der Waals surface area contributed by atoms with Gasteiger partial charge in [-0.15, -0.1) is 0 Å². The zero-order chi connectivity index (χ0) is 22.3. The molecule has 0 atom stereocenters. The molecule has 0 unspecified atom stereocenters. The normalized spacial score (nSPS) is 14.4. The number of aromatic nitrogens is 2. The number of alkyl halides is 3. The number of aromatic amines is 1. The first kappa shape index (κ1) is 20.7. The molecule has 0 spiro atoms. The topological polar surface area (TPSA) is 110 Å². The van der Waals surface area contributed by atoms with Crippen LogP contribution in [0.3, 0.4) is 0 Å². The Bertz CT molecular complexity index is 1170. The lowest BCUT2D eigenvalue weighted by Gasteiger charge is -2.28. The number of hydrogen-bond donors (Lipinski definition) is 4. The van der Waals surface area contributed by atoms with Gasteiger partial charge >= 0.3 is 6.18 Å². The van der Waals surface area contributed by atoms with Crippen molar-refractivity contribution in [2.75, 3.05) is 6.54 Å². The highest BCUT2D eigenvalue weighted by molar-refractivity contribution is 5.56. The molecular weight excluding hydrogens is 415 g/mol. The summed E-state index contributed by atoms with van der Waals surface area (Å²) in [4.78, 5) is 21.5. The largest absolute Gasteiger partial charge is 0.508 e. The molecule has 1 aliphatic heterocycles. The zero-order valence-electron chi connectivity index (χ0n) is 16.1. The van der Waals surface area contributed by atoms with Crippen molar-refractivity contribution in [1.82, 2.24) is 14.9 Å². The van der Waals surface area contributed by atoms with Gasteiger partial charge in [0, 0.05) is 49.3 Å². The molecule has 2 heterocycles. The molecule has 1 aliphatic rings. The highest BCUT2D eigenvalue weighted by atomic mass is 19.4. The first-order chi connectivity index (χ1) is 14.6. The van der Waals surface area contributed by atoms with Gasteiger partial charge in [0.1, 0.15) is 23.1 Å². The van der Waals surface area contributed by atoms with Crippen LogP contribution < -0.4 is 5.56 Å². The Balaban J connectivity index is 1.57. The molecule has 1 aromatic heterocycles. The highest BCUT2D eigenvalue weighted by Gasteiger charge is 2.30. The summed E-state index contributed by atoms with van der Waals surface area (Å²) in [5, 5.41) is 29.4. The molecule has 10 heteroatoms. The number of aromatic hydroxyl groups is 3. The molecule has 162 valence electrons. The van der Waals surface area contributed by atoms with E-state index in [1.807, 2.05) is 4.90 Å². The van der Waals surface area contributed by atoms with E-state index in [2.05, 4.69) is 9.97 Å². The first-order valence-electron chi connectivity index (χ1n) is 9.37. The van der Waals surface area contributed by atoms with Gasteiger partial charge in [0.2, 0.25) is 0 Å². The maximum absolute atomic E-state index is 12.8. The Labute approximate surface area is 174 Å². The van der Waals surface area contributed by atoms with E-state index in [1.54, 1.807) is 0 Å². The summed E-state index contributed by atoms with van der Waals surface area (Å²) in [5.74, 6) is -0.583. The van der Waals surface area contributed by atoms with Crippen molar-refractivity contribution >= 4 is 0 Å². The number of phenolic OH excluding ortho intramolecular Hbond substituents is 3. The van der Waals surface area contributed by atoms with Gasteiger partial charge in [0.15, 0.2) is 0 Å². The number of benzene rings is 2. The van der Waals surface area contributed by atoms with E-state index < -0.39 is 17.3 Å². The van der Waals surface area contributed by atoms with Crippen molar-refractivity contribution in [2.24, 2.45) is 0 Å². The number of halogens is 3. The summed E-state index contributed by atoms with van der Waals surface area (Å²) in [5.41, 5.74) is 0.381. The predicted octanol–water partition coefficient (Wildman–Crippen LogP) is 3.13. The van der Waals surface area contributed by atoms with Crippen LogP contribution in [0, 0.1) is 0 Å². The van der Waals surface area contributed by atoms with Gasteiger partial charge in [0.05, 0.1) is 16.8 Å². The van der Waals surface area contributed by atoms with Gasteiger partial charge in [-0.2, -0.15) is 13.2 Å². The van der Waals surface area contributed by atoms with Crippen LogP contribution >= 0.6 is 0 Å². The first-order valence-corrected chi connectivity index (χ1v) is 9.37. The van der Waals surface area contributed by atoms with Crippen molar-refractivity contribution < 1.29 is 28.5 Å². The van der Waals surface area contributed by atoms with E-state index in [0.717, 1.165) is 24.3 Å². The minimum Gasteiger partial charge on any atom is -0.508 e. The third-order valence-corrected chi connectivity index (χ3v) is 5.20. The van der Waals surface area contributed by atoms with Crippen LogP contribution in [0.1, 0.15) is 22.4 Å². The monoisotopic (exact) mass is 433 g/mol. The number of nitrogens with one attached hydrogen (secondary N) is 1. The van der Waals surface area contributed by atoms with Gasteiger partial charge in [-0.3, -0.25) is 9.69 Å². The fourth-order valence-electron chi connectivity index (χ4n) is 3.58. The van der Waals surface area contributed by atoms with Crippen LogP contribution in [0.4, 0.5) is 13.2 Å². The van der Waals surface area contributed by atoms with Crippen LogP contribution in [0.5, 0.6) is 17.2 Å². The number of hydrogen-bond acceptors (Lipinski definition) is 6. The van der Waals surface area contributed by atoms with Gasteiger partial charge in [-0.1, -0.05) is 12.1 Å². The average molecular weight is 433 g/mol. The number of phenols is 3. The van der Waals surface area contributed by atoms with Crippen molar-refractivity contribution in [3.63, 3.8) is 0 Å². The minimum atomic E-state index is -4.45. The summed E-state index contributed by atoms with van der Waals surface area (Å²) in [6, 6.07) is 6.65. The maximum Gasteiger partial charge on any atom is 0.416 e. The third-order valence-electron chi connectivity index (χ3n) is 5.20. The Hall–Kier alpha value is -3.53. The van der Waals surface area contributed by atoms with Gasteiger partial charge in [-0.05, 0) is 12.1 Å². The van der Waals surface area contributed by atoms with E-state index >= 15 is 0 Å². The maximum atomic E-state index is 12.8. The van der Waals surface area contributed by atoms with E-state index in [4.69, 9.17) is 0 Å². The molecule has 0 radical (unpaired) electrons. The molecule has 0 amide bonds. The Morgan fingerprint density at radius 3 is 2.32 bits per heavy atom. The molecule has 4 rings (SSSR count). The zero-order valence-corrected chi connectivity index (χ0v) is 16.1. The van der Waals surface area contributed by atoms with Gasteiger partial charge in [0.25, 0.3) is 5.56 Å². The third kappa shape index (κ3) is 4.19. The van der Waals surface area contributed by atoms with Crippen molar-refractivity contribution in [1.29, 1.82) is 0 Å². The molecule has 0 saturated heterocycles. The van der Waals surface area contributed by atoms with Crippen LogP contribution in [0.25, 0.3) is 11.4 Å². The molecule has 7 nitrogen and oxygen atoms in total. The summed E-state index contributed by atoms with van der Waals surface area (Å²) < 4.78 is 38.3. The molecule has 0 bridgehead atoms. The minimum absolute atomic E-state index is 0.150. The Morgan fingerprint density at radius 2 is 1.71 bits per heavy atom. The average Bonchev–Trinajstić information content (AvgIpc) is 2.70. The second-order valence-electron chi connectivity index (χ2n) is 7.34. The molecular formula is C21H18F3N3O4. The van der Waals surface area contributed by atoms with E-state index in [9.17, 15) is 33.3 Å². The van der Waals surface area contributed by atoms with Crippen LogP contribution in [-0.2, 0) is 25.7 Å². The Kier molecular flexibility index (Phi) is 5.10. The summed E-state index contributed by atoms with van der Waals surface area (Å²) >= 11 is 0. The molecule has 4 N–H and O–H groups in total. The smallest absolute Gasteiger partial charge is 0.416 e. The SMILES string of the molecule is O=c1[nH]c(-c2ccc(C(F)(F)F)cc2)nc2c1CN(Cc1c(O)cc(O)cc1O)CC2. The molecule has 31 heavy (non-hydrogen) atoms. The van der Waals surface area contributed by atoms with E-state index in [-0.39, 0.29) is 41.7 Å². The number of nitrogens with zero attached hydrogens (tertiary/aromatic N) is 2. The van der Waals surface area contributed by atoms with Crippen LogP contribution in [0.2, 0.25) is 0 Å². The Morgan fingerprint density at radius 1 is 1.06 bits per heavy atom. The van der Waals surface area contributed by atoms with Crippen molar-refractivity contribution in [3.8, 4) is 28.6 Å². The second kappa shape index (κ2) is 7.62. The lowest BCUT2D eigenvalue weighted by atomic mass is 10.0. The summed E-state index contributed by atoms with van der Waals surface area (Å²) in [6.45, 7) is 0.845. The lowest BCUT2D eigenvalue weighted by molar-refractivity contribution is -0.137. The molecule has 0 aliphatic carbocycles. The van der Waals surface area contributed by atoms with E-state index in [0.29, 0.717) is 29.8 Å². The van der Waals surface area contributed by atoms with E-state index in [1.165, 1.54) is 12.1 Å². The van der Waals surface area contributed by atoms with Crippen LogP contribution in [-0.4, -0.2) is 36.7 Å². The van der Waals surface area contributed by atoms with Crippen LogP contribution in [0.15, 0.2) is 41.2 Å². The van der Waals surface area contributed by atoms with Gasteiger partial charge in [-0.25, -0.2) is 4.98 Å². The number of fused-ring (bicyclic) bond motifs is 1. The molecule has 2 aromatic carbocycles. The molecule has 3 aromatic rings. The fraction of sp³-hybridized carbons (Fsp3) is 0.238. The second-order valence-corrected chi connectivity index (χ2v) is 7.34. The predicted molar refractivity (Wildman–Crippen MR) is 105 cm³/mol. The summed E-state index contributed by atoms with van der Waals surface area (Å²) in [7, 11) is 0. The van der Waals surface area contributed by atoms with Gasteiger partial charge < -0.3 is 20.3 Å².